The van der Waals surface area contributed by atoms with Crippen molar-refractivity contribution in [1.29, 1.82) is 0 Å². The monoisotopic (exact) mass is 206 g/mol. The van der Waals surface area contributed by atoms with Gasteiger partial charge in [0.25, 0.3) is 0 Å². The fourth-order valence-corrected chi connectivity index (χ4v) is 1.06. The quantitative estimate of drug-likeness (QED) is 0.762. The second-order valence-corrected chi connectivity index (χ2v) is 2.66. The summed E-state index contributed by atoms with van der Waals surface area (Å²) in [5.41, 5.74) is 5.65. The Balaban J connectivity index is 2.36. The Bertz CT molecular complexity index is 440. The second-order valence-electron chi connectivity index (χ2n) is 2.66. The highest BCUT2D eigenvalue weighted by atomic mass is 16.5. The number of anilines is 1. The van der Waals surface area contributed by atoms with Crippen LogP contribution in [0.25, 0.3) is 5.82 Å². The zero-order chi connectivity index (χ0) is 10.7. The minimum absolute atomic E-state index is 0.221. The number of rotatable bonds is 3. The number of aromatic nitrogens is 5. The zero-order valence-corrected chi connectivity index (χ0v) is 8.16. The lowest BCUT2D eigenvalue weighted by atomic mass is 10.6. The van der Waals surface area contributed by atoms with Gasteiger partial charge in [-0.1, -0.05) is 0 Å². The molecule has 0 saturated heterocycles. The van der Waals surface area contributed by atoms with Gasteiger partial charge in [-0.25, -0.2) is 4.98 Å². The summed E-state index contributed by atoms with van der Waals surface area (Å²) in [6.07, 6.45) is 4.66. The van der Waals surface area contributed by atoms with Gasteiger partial charge in [-0.15, -0.1) is 5.10 Å². The third-order valence-corrected chi connectivity index (χ3v) is 1.65. The summed E-state index contributed by atoms with van der Waals surface area (Å²) in [7, 11) is 0. The van der Waals surface area contributed by atoms with Gasteiger partial charge in [0, 0.05) is 12.4 Å². The standard InChI is InChI=1S/C8H10N6O/c1-2-15-8-12-7(9)14(13-8)6-5-10-3-4-11-6/h3-5H,2H2,1H3,(H2,9,12,13). The van der Waals surface area contributed by atoms with E-state index in [4.69, 9.17) is 10.5 Å². The Morgan fingerprint density at radius 3 is 3.00 bits per heavy atom. The molecule has 0 radical (unpaired) electrons. The second kappa shape index (κ2) is 3.91. The van der Waals surface area contributed by atoms with Crippen molar-refractivity contribution < 1.29 is 4.74 Å². The largest absolute Gasteiger partial charge is 0.463 e. The predicted octanol–water partition coefficient (Wildman–Crippen LogP) is 0.0382. The fourth-order valence-electron chi connectivity index (χ4n) is 1.06. The number of hydrogen-bond acceptors (Lipinski definition) is 6. The molecule has 2 N–H and O–H groups in total. The van der Waals surface area contributed by atoms with Gasteiger partial charge in [-0.05, 0) is 6.92 Å². The Morgan fingerprint density at radius 2 is 2.33 bits per heavy atom. The first kappa shape index (κ1) is 9.38. The molecule has 0 fully saturated rings. The number of hydrogen-bond donors (Lipinski definition) is 1. The molecule has 2 aromatic heterocycles. The maximum Gasteiger partial charge on any atom is 0.337 e. The molecule has 7 heteroatoms. The van der Waals surface area contributed by atoms with E-state index in [1.165, 1.54) is 4.68 Å². The van der Waals surface area contributed by atoms with E-state index in [1.54, 1.807) is 18.6 Å². The van der Waals surface area contributed by atoms with Crippen LogP contribution in [0.3, 0.4) is 0 Å². The summed E-state index contributed by atoms with van der Waals surface area (Å²) in [4.78, 5) is 11.9. The van der Waals surface area contributed by atoms with E-state index in [1.807, 2.05) is 6.92 Å². The lowest BCUT2D eigenvalue weighted by Crippen LogP contribution is -2.04. The van der Waals surface area contributed by atoms with E-state index in [-0.39, 0.29) is 12.0 Å². The molecule has 2 aromatic rings. The Morgan fingerprint density at radius 1 is 1.47 bits per heavy atom. The number of nitrogens with two attached hydrogens (primary N) is 1. The summed E-state index contributed by atoms with van der Waals surface area (Å²) in [6, 6.07) is 0.237. The molecular weight excluding hydrogens is 196 g/mol. The van der Waals surface area contributed by atoms with E-state index in [9.17, 15) is 0 Å². The van der Waals surface area contributed by atoms with Crippen molar-refractivity contribution in [1.82, 2.24) is 24.7 Å². The summed E-state index contributed by atoms with van der Waals surface area (Å²) >= 11 is 0. The van der Waals surface area contributed by atoms with Gasteiger partial charge in [0.15, 0.2) is 5.82 Å². The molecule has 0 aliphatic rings. The maximum absolute atomic E-state index is 5.65. The van der Waals surface area contributed by atoms with Crippen LogP contribution in [0.4, 0.5) is 5.95 Å². The van der Waals surface area contributed by atoms with Gasteiger partial charge < -0.3 is 10.5 Å². The molecule has 7 nitrogen and oxygen atoms in total. The van der Waals surface area contributed by atoms with Crippen molar-refractivity contribution in [3.8, 4) is 11.8 Å². The average molecular weight is 206 g/mol. The SMILES string of the molecule is CCOc1nc(N)n(-c2cnccn2)n1. The molecule has 0 unspecified atom stereocenters. The molecule has 15 heavy (non-hydrogen) atoms. The zero-order valence-electron chi connectivity index (χ0n) is 8.16. The van der Waals surface area contributed by atoms with Crippen LogP contribution in [0.2, 0.25) is 0 Å². The lowest BCUT2D eigenvalue weighted by Gasteiger charge is -1.98. The van der Waals surface area contributed by atoms with Gasteiger partial charge in [0.05, 0.1) is 12.8 Å². The molecule has 0 atom stereocenters. The van der Waals surface area contributed by atoms with Crippen LogP contribution in [0.1, 0.15) is 6.92 Å². The molecule has 0 aliphatic heterocycles. The summed E-state index contributed by atoms with van der Waals surface area (Å²) < 4.78 is 6.49. The van der Waals surface area contributed by atoms with Crippen LogP contribution in [-0.2, 0) is 0 Å². The maximum atomic E-state index is 5.65. The van der Waals surface area contributed by atoms with Crippen LogP contribution in [0.5, 0.6) is 6.01 Å². The van der Waals surface area contributed by atoms with Crippen molar-refractivity contribution >= 4 is 5.95 Å². The molecule has 2 heterocycles. The molecule has 78 valence electrons. The number of ether oxygens (including phenoxy) is 1. The highest BCUT2D eigenvalue weighted by Crippen LogP contribution is 2.11. The Kier molecular flexibility index (Phi) is 2.44. The average Bonchev–Trinajstić information content (AvgIpc) is 2.61. The van der Waals surface area contributed by atoms with Gasteiger partial charge in [0.1, 0.15) is 0 Å². The molecule has 0 amide bonds. The van der Waals surface area contributed by atoms with Crippen LogP contribution >= 0.6 is 0 Å². The van der Waals surface area contributed by atoms with Gasteiger partial charge >= 0.3 is 6.01 Å². The molecule has 0 saturated carbocycles. The van der Waals surface area contributed by atoms with Crippen LogP contribution < -0.4 is 10.5 Å². The Hall–Kier alpha value is -2.18. The third-order valence-electron chi connectivity index (χ3n) is 1.65. The highest BCUT2D eigenvalue weighted by molar-refractivity contribution is 5.30. The molecule has 0 bridgehead atoms. The molecule has 0 spiro atoms. The van der Waals surface area contributed by atoms with Gasteiger partial charge in [-0.3, -0.25) is 4.98 Å². The van der Waals surface area contributed by atoms with Crippen molar-refractivity contribution in [2.45, 2.75) is 6.92 Å². The summed E-state index contributed by atoms with van der Waals surface area (Å²) in [5.74, 6) is 0.729. The summed E-state index contributed by atoms with van der Waals surface area (Å²) in [5, 5.41) is 4.03. The highest BCUT2D eigenvalue weighted by Gasteiger charge is 2.09. The normalized spacial score (nSPS) is 10.2. The van der Waals surface area contributed by atoms with E-state index >= 15 is 0 Å². The van der Waals surface area contributed by atoms with Crippen LogP contribution in [-0.4, -0.2) is 31.3 Å². The number of nitrogens with zero attached hydrogens (tertiary/aromatic N) is 5. The summed E-state index contributed by atoms with van der Waals surface area (Å²) in [6.45, 7) is 2.34. The molecule has 0 aliphatic carbocycles. The Labute approximate surface area is 85.9 Å². The van der Waals surface area contributed by atoms with Crippen LogP contribution in [0.15, 0.2) is 18.6 Å². The van der Waals surface area contributed by atoms with Crippen molar-refractivity contribution in [3.63, 3.8) is 0 Å². The van der Waals surface area contributed by atoms with E-state index in [0.29, 0.717) is 12.4 Å². The number of nitrogen functional groups attached to an aromatic ring is 1. The molecule has 0 aromatic carbocycles. The van der Waals surface area contributed by atoms with E-state index < -0.39 is 0 Å². The van der Waals surface area contributed by atoms with E-state index in [0.717, 1.165) is 0 Å². The molecular formula is C8H10N6O. The van der Waals surface area contributed by atoms with Crippen LogP contribution in [0, 0.1) is 0 Å². The lowest BCUT2D eigenvalue weighted by molar-refractivity contribution is 0.312. The van der Waals surface area contributed by atoms with Crippen molar-refractivity contribution in [2.75, 3.05) is 12.3 Å². The first-order valence-corrected chi connectivity index (χ1v) is 4.43. The topological polar surface area (TPSA) is 91.7 Å². The first-order chi connectivity index (χ1) is 7.31. The van der Waals surface area contributed by atoms with E-state index in [2.05, 4.69) is 20.1 Å². The van der Waals surface area contributed by atoms with Crippen molar-refractivity contribution in [2.24, 2.45) is 0 Å². The smallest absolute Gasteiger partial charge is 0.337 e. The minimum Gasteiger partial charge on any atom is -0.463 e. The predicted molar refractivity (Wildman–Crippen MR) is 52.5 cm³/mol. The minimum atomic E-state index is 0.221. The van der Waals surface area contributed by atoms with Gasteiger partial charge in [0.2, 0.25) is 5.95 Å². The fraction of sp³-hybridized carbons (Fsp3) is 0.250. The molecule has 2 rings (SSSR count). The third kappa shape index (κ3) is 1.85. The van der Waals surface area contributed by atoms with Gasteiger partial charge in [-0.2, -0.15) is 9.67 Å². The van der Waals surface area contributed by atoms with Crippen molar-refractivity contribution in [3.05, 3.63) is 18.6 Å². The first-order valence-electron chi connectivity index (χ1n) is 4.43.